The third-order valence-corrected chi connectivity index (χ3v) is 7.62. The highest BCUT2D eigenvalue weighted by Crippen LogP contribution is 2.41. The lowest BCUT2D eigenvalue weighted by Gasteiger charge is -2.37. The molecule has 1 fully saturated rings. The maximum Gasteiger partial charge on any atom is 0.325 e. The van der Waals surface area contributed by atoms with Gasteiger partial charge >= 0.3 is 9.28 Å². The van der Waals surface area contributed by atoms with Gasteiger partial charge in [0.15, 0.2) is 0 Å². The Labute approximate surface area is 115 Å². The predicted octanol–water partition coefficient (Wildman–Crippen LogP) is 4.28. The van der Waals surface area contributed by atoms with Crippen LogP contribution < -0.4 is 0 Å². The largest absolute Gasteiger partial charge is 0.397 e. The van der Waals surface area contributed by atoms with Gasteiger partial charge in [-0.25, -0.2) is 0 Å². The number of rotatable bonds is 8. The predicted molar refractivity (Wildman–Crippen MR) is 80.2 cm³/mol. The van der Waals surface area contributed by atoms with Gasteiger partial charge < -0.3 is 8.85 Å². The zero-order valence-electron chi connectivity index (χ0n) is 12.8. The third kappa shape index (κ3) is 4.67. The van der Waals surface area contributed by atoms with Crippen molar-refractivity contribution in [2.75, 3.05) is 13.2 Å². The van der Waals surface area contributed by atoms with Crippen LogP contribution in [-0.2, 0) is 8.85 Å². The lowest BCUT2D eigenvalue weighted by molar-refractivity contribution is 0.167. The molecule has 1 aliphatic rings. The van der Waals surface area contributed by atoms with Crippen LogP contribution in [0.1, 0.15) is 66.2 Å². The summed E-state index contributed by atoms with van der Waals surface area (Å²) in [5, 5.41) is 0. The molecule has 1 rings (SSSR count). The molecule has 0 aromatic carbocycles. The molecule has 108 valence electrons. The minimum absolute atomic E-state index is 0.718. The van der Waals surface area contributed by atoms with Gasteiger partial charge in [-0.15, -0.1) is 0 Å². The first-order valence-corrected chi connectivity index (χ1v) is 9.58. The molecule has 18 heavy (non-hydrogen) atoms. The van der Waals surface area contributed by atoms with Crippen LogP contribution in [0.4, 0.5) is 0 Å². The van der Waals surface area contributed by atoms with E-state index in [0.29, 0.717) is 0 Å². The van der Waals surface area contributed by atoms with Crippen LogP contribution in [0.3, 0.4) is 0 Å². The topological polar surface area (TPSA) is 18.5 Å². The molecular weight excluding hydrogens is 240 g/mol. The fourth-order valence-corrected chi connectivity index (χ4v) is 6.18. The summed E-state index contributed by atoms with van der Waals surface area (Å²) in [4.78, 5) is 0. The molecule has 0 N–H and O–H groups in total. The average Bonchev–Trinajstić information content (AvgIpc) is 2.40. The summed E-state index contributed by atoms with van der Waals surface area (Å²) in [5.41, 5.74) is 0.718. The van der Waals surface area contributed by atoms with E-state index in [1.807, 2.05) is 0 Å². The van der Waals surface area contributed by atoms with Crippen LogP contribution in [0.5, 0.6) is 0 Å². The van der Waals surface area contributed by atoms with Gasteiger partial charge in [0.1, 0.15) is 0 Å². The maximum absolute atomic E-state index is 6.04. The van der Waals surface area contributed by atoms with E-state index >= 15 is 0 Å². The molecule has 0 aromatic heterocycles. The first-order valence-electron chi connectivity index (χ1n) is 7.97. The van der Waals surface area contributed by atoms with E-state index in [1.165, 1.54) is 38.5 Å². The number of hydrogen-bond donors (Lipinski definition) is 0. The van der Waals surface area contributed by atoms with Crippen LogP contribution >= 0.6 is 0 Å². The van der Waals surface area contributed by atoms with Crippen molar-refractivity contribution in [1.29, 1.82) is 0 Å². The number of hydrogen-bond acceptors (Lipinski definition) is 2. The van der Waals surface area contributed by atoms with Crippen LogP contribution in [0.15, 0.2) is 0 Å². The van der Waals surface area contributed by atoms with Crippen LogP contribution in [0.25, 0.3) is 0 Å². The second-order valence-electron chi connectivity index (χ2n) is 5.64. The minimum Gasteiger partial charge on any atom is -0.397 e. The fourth-order valence-electron chi connectivity index (χ4n) is 3.35. The molecule has 0 heterocycles. The Hall–Kier alpha value is 0.137. The second-order valence-corrected chi connectivity index (χ2v) is 7.81. The zero-order chi connectivity index (χ0) is 13.4. The smallest absolute Gasteiger partial charge is 0.325 e. The molecular formula is C15H32O2Si. The van der Waals surface area contributed by atoms with Gasteiger partial charge in [-0.1, -0.05) is 52.4 Å². The first kappa shape index (κ1) is 16.2. The molecule has 3 heteroatoms. The normalized spacial score (nSPS) is 21.2. The molecule has 0 aliphatic heterocycles. The molecule has 1 aliphatic carbocycles. The lowest BCUT2D eigenvalue weighted by atomic mass is 9.82. The molecule has 0 bridgehead atoms. The van der Waals surface area contributed by atoms with Gasteiger partial charge in [0.05, 0.1) is 0 Å². The molecule has 0 aromatic rings. The molecule has 1 saturated carbocycles. The van der Waals surface area contributed by atoms with Crippen molar-refractivity contribution in [1.82, 2.24) is 0 Å². The van der Waals surface area contributed by atoms with E-state index < -0.39 is 9.28 Å². The lowest BCUT2D eigenvalue weighted by Crippen LogP contribution is -2.37. The van der Waals surface area contributed by atoms with Gasteiger partial charge in [0, 0.05) is 18.8 Å². The van der Waals surface area contributed by atoms with Crippen LogP contribution in [0, 0.1) is 11.8 Å². The fraction of sp³-hybridized carbons (Fsp3) is 1.00. The second kappa shape index (κ2) is 9.11. The van der Waals surface area contributed by atoms with Gasteiger partial charge in [-0.2, -0.15) is 0 Å². The zero-order valence-corrected chi connectivity index (χ0v) is 13.9. The highest BCUT2D eigenvalue weighted by molar-refractivity contribution is 6.46. The SMILES string of the molecule is CCO[SiH](OCC)C(C(C)CC)C1CCCCC1. The van der Waals surface area contributed by atoms with Crippen molar-refractivity contribution in [3.63, 3.8) is 0 Å². The average molecular weight is 273 g/mol. The summed E-state index contributed by atoms with van der Waals surface area (Å²) >= 11 is 0. The van der Waals surface area contributed by atoms with Gasteiger partial charge in [-0.05, 0) is 25.7 Å². The first-order chi connectivity index (χ1) is 8.74. The summed E-state index contributed by atoms with van der Waals surface area (Å²) in [6.45, 7) is 10.6. The van der Waals surface area contributed by atoms with Crippen molar-refractivity contribution in [2.24, 2.45) is 11.8 Å². The molecule has 0 radical (unpaired) electrons. The Morgan fingerprint density at radius 1 is 1.00 bits per heavy atom. The van der Waals surface area contributed by atoms with E-state index in [4.69, 9.17) is 8.85 Å². The highest BCUT2D eigenvalue weighted by Gasteiger charge is 2.36. The Morgan fingerprint density at radius 3 is 2.00 bits per heavy atom. The summed E-state index contributed by atoms with van der Waals surface area (Å²) in [6, 6.07) is 0. The minimum atomic E-state index is -1.50. The Balaban J connectivity index is 2.72. The van der Waals surface area contributed by atoms with E-state index in [0.717, 1.165) is 30.6 Å². The van der Waals surface area contributed by atoms with Gasteiger partial charge in [0.25, 0.3) is 0 Å². The molecule has 0 spiro atoms. The van der Waals surface area contributed by atoms with E-state index in [2.05, 4.69) is 27.7 Å². The van der Waals surface area contributed by atoms with Crippen molar-refractivity contribution >= 4 is 9.28 Å². The maximum atomic E-state index is 6.04. The van der Waals surface area contributed by atoms with Crippen molar-refractivity contribution < 1.29 is 8.85 Å². The third-order valence-electron chi connectivity index (χ3n) is 4.47. The van der Waals surface area contributed by atoms with Crippen molar-refractivity contribution in [3.8, 4) is 0 Å². The monoisotopic (exact) mass is 272 g/mol. The standard InChI is InChI=1S/C15H32O2Si/c1-5-13(4)15(14-11-9-8-10-12-14)18(16-6-2)17-7-3/h13-15,18H,5-12H2,1-4H3. The Morgan fingerprint density at radius 2 is 1.56 bits per heavy atom. The summed E-state index contributed by atoms with van der Waals surface area (Å²) < 4.78 is 12.1. The molecule has 2 atom stereocenters. The quantitative estimate of drug-likeness (QED) is 0.614. The van der Waals surface area contributed by atoms with Gasteiger partial charge in [0.2, 0.25) is 0 Å². The highest BCUT2D eigenvalue weighted by atomic mass is 28.3. The molecule has 0 amide bonds. The summed E-state index contributed by atoms with van der Waals surface area (Å²) in [6.07, 6.45) is 8.31. The van der Waals surface area contributed by atoms with Crippen molar-refractivity contribution in [2.45, 2.75) is 71.8 Å². The van der Waals surface area contributed by atoms with Gasteiger partial charge in [-0.3, -0.25) is 0 Å². The molecule has 0 saturated heterocycles. The van der Waals surface area contributed by atoms with Crippen LogP contribution in [0.2, 0.25) is 5.54 Å². The summed E-state index contributed by atoms with van der Waals surface area (Å²) in [7, 11) is -1.50. The van der Waals surface area contributed by atoms with E-state index in [-0.39, 0.29) is 0 Å². The van der Waals surface area contributed by atoms with E-state index in [1.54, 1.807) is 0 Å². The Kier molecular flexibility index (Phi) is 8.19. The van der Waals surface area contributed by atoms with E-state index in [9.17, 15) is 0 Å². The van der Waals surface area contributed by atoms with Crippen LogP contribution in [-0.4, -0.2) is 22.5 Å². The summed E-state index contributed by atoms with van der Waals surface area (Å²) in [5.74, 6) is 1.62. The molecule has 2 unspecified atom stereocenters. The Bertz CT molecular complexity index is 199. The van der Waals surface area contributed by atoms with Crippen molar-refractivity contribution in [3.05, 3.63) is 0 Å². The molecule has 2 nitrogen and oxygen atoms in total.